The minimum absolute atomic E-state index is 0.0842. The summed E-state index contributed by atoms with van der Waals surface area (Å²) in [5, 5.41) is 4.41. The highest BCUT2D eigenvalue weighted by atomic mass is 19.1. The largest absolute Gasteiger partial charge is 0.333 e. The van der Waals surface area contributed by atoms with E-state index < -0.39 is 6.04 Å². The van der Waals surface area contributed by atoms with Gasteiger partial charge in [-0.1, -0.05) is 83.6 Å². The molecule has 1 N–H and O–H groups in total. The Labute approximate surface area is 346 Å². The molecule has 6 rings (SSSR count). The van der Waals surface area contributed by atoms with Crippen molar-refractivity contribution in [3.63, 3.8) is 0 Å². The Kier molecular flexibility index (Phi) is 16.6. The number of aromatic nitrogens is 4. The summed E-state index contributed by atoms with van der Waals surface area (Å²) in [7, 11) is 0. The van der Waals surface area contributed by atoms with Gasteiger partial charge in [-0.15, -0.1) is 0 Å². The predicted molar refractivity (Wildman–Crippen MR) is 234 cm³/mol. The molecule has 9 nitrogen and oxygen atoms in total. The second-order valence-corrected chi connectivity index (χ2v) is 15.0. The van der Waals surface area contributed by atoms with Gasteiger partial charge in [0, 0.05) is 13.0 Å². The smallest absolute Gasteiger partial charge is 0.266 e. The number of para-hydroxylation sites is 2. The van der Waals surface area contributed by atoms with Crippen molar-refractivity contribution >= 4 is 27.7 Å². The first-order valence-corrected chi connectivity index (χ1v) is 21.2. The third-order valence-corrected chi connectivity index (χ3v) is 10.5. The first kappa shape index (κ1) is 44.6. The number of benzene rings is 4. The third-order valence-electron chi connectivity index (χ3n) is 10.5. The quantitative estimate of drug-likeness (QED) is 0.0868. The van der Waals surface area contributed by atoms with E-state index in [2.05, 4.69) is 19.2 Å². The van der Waals surface area contributed by atoms with Crippen LogP contribution in [0.2, 0.25) is 0 Å². The minimum atomic E-state index is -0.408. The summed E-state index contributed by atoms with van der Waals surface area (Å²) in [6.07, 6.45) is 10.4. The number of carbonyl (C=O) groups excluding carboxylic acids is 1. The molecule has 0 spiro atoms. The first-order chi connectivity index (χ1) is 28.6. The number of rotatable bonds is 18. The normalized spacial score (nSPS) is 12.3. The fraction of sp³-hybridized carbons (Fsp3) is 0.396. The first-order valence-electron chi connectivity index (χ1n) is 21.2. The fourth-order valence-electron chi connectivity index (χ4n) is 7.29. The van der Waals surface area contributed by atoms with Crippen LogP contribution in [0.1, 0.15) is 123 Å². The number of nitrogens with zero attached hydrogens (tertiary/aromatic N) is 5. The molecular weight excluding hydrogens is 747 g/mol. The molecule has 0 saturated heterocycles. The molecule has 11 heteroatoms. The van der Waals surface area contributed by atoms with E-state index in [9.17, 15) is 23.2 Å². The van der Waals surface area contributed by atoms with Crippen LogP contribution in [0, 0.1) is 11.6 Å². The van der Waals surface area contributed by atoms with Gasteiger partial charge in [0.1, 0.15) is 23.3 Å². The molecule has 0 aliphatic heterocycles. The summed E-state index contributed by atoms with van der Waals surface area (Å²) in [5.74, 6) is 0.489. The van der Waals surface area contributed by atoms with Gasteiger partial charge in [-0.25, -0.2) is 18.7 Å². The molecule has 0 aliphatic rings. The van der Waals surface area contributed by atoms with Crippen LogP contribution in [0.5, 0.6) is 0 Å². The summed E-state index contributed by atoms with van der Waals surface area (Å²) in [5.41, 5.74) is 2.04. The maximum Gasteiger partial charge on any atom is 0.266 e. The fourth-order valence-corrected chi connectivity index (χ4v) is 7.29. The lowest BCUT2D eigenvalue weighted by atomic mass is 10.1. The lowest BCUT2D eigenvalue weighted by molar-refractivity contribution is -0.133. The zero-order valence-corrected chi connectivity index (χ0v) is 35.1. The summed E-state index contributed by atoms with van der Waals surface area (Å²) in [4.78, 5) is 51.2. The zero-order valence-electron chi connectivity index (χ0n) is 35.1. The number of hydrogen-bond donors (Lipinski definition) is 1. The number of hydrogen-bond acceptors (Lipinski definition) is 6. The molecule has 0 bridgehead atoms. The van der Waals surface area contributed by atoms with E-state index in [1.807, 2.05) is 56.0 Å². The van der Waals surface area contributed by atoms with Crippen molar-refractivity contribution in [3.05, 3.63) is 141 Å². The summed E-state index contributed by atoms with van der Waals surface area (Å²) < 4.78 is 30.0. The molecule has 312 valence electrons. The van der Waals surface area contributed by atoms with Gasteiger partial charge >= 0.3 is 0 Å². The van der Waals surface area contributed by atoms with Crippen LogP contribution in [0.3, 0.4) is 0 Å². The molecular formula is C48H58F2N6O3. The van der Waals surface area contributed by atoms with Gasteiger partial charge < -0.3 is 10.2 Å². The van der Waals surface area contributed by atoms with Crippen molar-refractivity contribution in [2.24, 2.45) is 0 Å². The number of unbranched alkanes of at least 4 members (excludes halogenated alkanes) is 6. The van der Waals surface area contributed by atoms with E-state index in [0.717, 1.165) is 38.6 Å². The van der Waals surface area contributed by atoms with Gasteiger partial charge in [0.15, 0.2) is 0 Å². The van der Waals surface area contributed by atoms with Crippen LogP contribution >= 0.6 is 0 Å². The maximum atomic E-state index is 13.6. The minimum Gasteiger partial charge on any atom is -0.333 e. The Morgan fingerprint density at radius 2 is 1.10 bits per heavy atom. The van der Waals surface area contributed by atoms with Gasteiger partial charge in [-0.2, -0.15) is 0 Å². The summed E-state index contributed by atoms with van der Waals surface area (Å²) >= 11 is 0. The van der Waals surface area contributed by atoms with Crippen LogP contribution in [0.15, 0.2) is 107 Å². The molecule has 0 aliphatic carbocycles. The van der Waals surface area contributed by atoms with E-state index in [1.54, 1.807) is 47.0 Å². The second kappa shape index (κ2) is 22.0. The lowest BCUT2D eigenvalue weighted by Crippen LogP contribution is -2.37. The number of fused-ring (bicyclic) bond motifs is 2. The molecule has 6 aromatic rings. The molecule has 0 saturated carbocycles. The van der Waals surface area contributed by atoms with Gasteiger partial charge in [0.2, 0.25) is 5.91 Å². The van der Waals surface area contributed by atoms with Crippen LogP contribution < -0.4 is 16.4 Å². The number of halogens is 2. The Balaban J connectivity index is 0.000000240. The summed E-state index contributed by atoms with van der Waals surface area (Å²) in [6.45, 7) is 11.7. The summed E-state index contributed by atoms with van der Waals surface area (Å²) in [6, 6.07) is 25.7. The highest BCUT2D eigenvalue weighted by Crippen LogP contribution is 2.25. The molecule has 2 unspecified atom stereocenters. The number of carbonyl (C=O) groups is 1. The van der Waals surface area contributed by atoms with Crippen molar-refractivity contribution in [1.29, 1.82) is 0 Å². The average Bonchev–Trinajstić information content (AvgIpc) is 3.25. The Morgan fingerprint density at radius 1 is 0.627 bits per heavy atom. The van der Waals surface area contributed by atoms with Gasteiger partial charge in [-0.3, -0.25) is 23.5 Å². The van der Waals surface area contributed by atoms with Crippen molar-refractivity contribution in [1.82, 2.24) is 29.3 Å². The third kappa shape index (κ3) is 11.4. The molecule has 2 aromatic heterocycles. The maximum absolute atomic E-state index is 13.6. The Bertz CT molecular complexity index is 2390. The van der Waals surface area contributed by atoms with E-state index in [1.165, 1.54) is 54.5 Å². The van der Waals surface area contributed by atoms with Crippen molar-refractivity contribution < 1.29 is 13.6 Å². The molecule has 2 atom stereocenters. The molecule has 0 radical (unpaired) electrons. The van der Waals surface area contributed by atoms with E-state index in [-0.39, 0.29) is 34.7 Å². The van der Waals surface area contributed by atoms with E-state index in [4.69, 9.17) is 9.97 Å². The Hall–Kier alpha value is -5.55. The second-order valence-electron chi connectivity index (χ2n) is 15.0. The molecule has 59 heavy (non-hydrogen) atoms. The number of amides is 1. The van der Waals surface area contributed by atoms with Crippen LogP contribution in [-0.2, 0) is 4.79 Å². The highest BCUT2D eigenvalue weighted by Gasteiger charge is 2.26. The molecule has 2 heterocycles. The van der Waals surface area contributed by atoms with Gasteiger partial charge in [0.05, 0.1) is 45.3 Å². The van der Waals surface area contributed by atoms with Crippen molar-refractivity contribution in [2.75, 3.05) is 13.1 Å². The van der Waals surface area contributed by atoms with Gasteiger partial charge in [0.25, 0.3) is 11.1 Å². The van der Waals surface area contributed by atoms with E-state index >= 15 is 0 Å². The van der Waals surface area contributed by atoms with Gasteiger partial charge in [-0.05, 0) is 112 Å². The monoisotopic (exact) mass is 804 g/mol. The topological polar surface area (TPSA) is 102 Å². The zero-order chi connectivity index (χ0) is 42.3. The van der Waals surface area contributed by atoms with Crippen molar-refractivity contribution in [3.8, 4) is 11.4 Å². The lowest BCUT2D eigenvalue weighted by Gasteiger charge is -2.30. The predicted octanol–water partition coefficient (Wildman–Crippen LogP) is 10.6. The van der Waals surface area contributed by atoms with Crippen LogP contribution in [0.4, 0.5) is 8.78 Å². The SMILES string of the molecule is CCCCCCCCCC(=O)N(CCC)C(C)c1nc2ccccc2c(=O)n1-c1ccc(F)cc1.CCCNC(C)c1nc2ccccc2c(=O)n1-c1ccc(F)cc1. The molecule has 0 fully saturated rings. The van der Waals surface area contributed by atoms with Crippen molar-refractivity contribution in [2.45, 2.75) is 111 Å². The van der Waals surface area contributed by atoms with E-state index in [0.29, 0.717) is 57.8 Å². The Morgan fingerprint density at radius 3 is 1.61 bits per heavy atom. The van der Waals surface area contributed by atoms with Crippen LogP contribution in [0.25, 0.3) is 33.2 Å². The highest BCUT2D eigenvalue weighted by molar-refractivity contribution is 5.79. The average molecular weight is 805 g/mol. The standard InChI is InChI=1S/C29H38FN3O2.C19H20FN3O/c1-4-6-7-8-9-10-11-16-27(34)32(21-5-2)22(3)28-31-26-15-13-12-14-25(26)29(35)33(28)24-19-17-23(30)18-20-24;1-3-12-21-13(2)18-22-17-7-5-4-6-16(17)19(24)23(18)15-10-8-14(20)9-11-15/h12-15,17-20,22H,4-11,16,21H2,1-3H3;4-11,13,21H,3,12H2,1-2H3. The molecule has 1 amide bonds. The number of nitrogens with one attached hydrogen (secondary N) is 1. The molecule has 4 aromatic carbocycles. The van der Waals surface area contributed by atoms with Crippen LogP contribution in [-0.4, -0.2) is 43.0 Å².